The Bertz CT molecular complexity index is 769. The van der Waals surface area contributed by atoms with Gasteiger partial charge in [-0.05, 0) is 18.8 Å². The normalized spacial score (nSPS) is 12.6. The molecule has 0 aliphatic rings. The van der Waals surface area contributed by atoms with Crippen LogP contribution in [0.3, 0.4) is 0 Å². The smallest absolute Gasteiger partial charge is 0.306 e. The van der Waals surface area contributed by atoms with Crippen molar-refractivity contribution in [1.82, 2.24) is 0 Å². The zero-order valence-electron chi connectivity index (χ0n) is 37.6. The average molecular weight is 779 g/mol. The minimum atomic E-state index is -0.763. The first-order valence-electron chi connectivity index (χ1n) is 25.0. The number of aliphatic hydroxyl groups excluding tert-OH is 1. The van der Waals surface area contributed by atoms with Gasteiger partial charge in [0, 0.05) is 12.8 Å². The van der Waals surface area contributed by atoms with Gasteiger partial charge in [-0.1, -0.05) is 258 Å². The molecule has 2 atom stereocenters. The molecular formula is C50H98O5. The molecule has 0 saturated heterocycles. The van der Waals surface area contributed by atoms with Gasteiger partial charge < -0.3 is 14.6 Å². The number of esters is 2. The van der Waals surface area contributed by atoms with E-state index in [1.54, 1.807) is 0 Å². The number of hydrogen-bond donors (Lipinski definition) is 1. The number of ether oxygens (including phenoxy) is 2. The van der Waals surface area contributed by atoms with E-state index in [0.717, 1.165) is 38.0 Å². The van der Waals surface area contributed by atoms with Crippen molar-refractivity contribution in [3.05, 3.63) is 0 Å². The first kappa shape index (κ1) is 53.9. The maximum atomic E-state index is 12.2. The third-order valence-electron chi connectivity index (χ3n) is 11.9. The summed E-state index contributed by atoms with van der Waals surface area (Å²) in [5.41, 5.74) is 0. The van der Waals surface area contributed by atoms with Gasteiger partial charge in [0.2, 0.25) is 0 Å². The molecule has 0 fully saturated rings. The zero-order valence-corrected chi connectivity index (χ0v) is 37.6. The molecule has 0 saturated carbocycles. The molecule has 0 rings (SSSR count). The molecule has 0 heterocycles. The predicted octanol–water partition coefficient (Wildman–Crippen LogP) is 16.1. The zero-order chi connectivity index (χ0) is 40.1. The van der Waals surface area contributed by atoms with E-state index < -0.39 is 6.10 Å². The lowest BCUT2D eigenvalue weighted by atomic mass is 9.99. The van der Waals surface area contributed by atoms with Crippen LogP contribution in [-0.4, -0.2) is 36.4 Å². The fourth-order valence-electron chi connectivity index (χ4n) is 7.77. The molecule has 0 aromatic rings. The summed E-state index contributed by atoms with van der Waals surface area (Å²) >= 11 is 0. The summed E-state index contributed by atoms with van der Waals surface area (Å²) < 4.78 is 10.7. The Morgan fingerprint density at radius 1 is 0.418 bits per heavy atom. The second-order valence-electron chi connectivity index (χ2n) is 17.5. The van der Waals surface area contributed by atoms with Crippen molar-refractivity contribution in [2.45, 2.75) is 290 Å². The number of carbonyl (C=O) groups excluding carboxylic acids is 2. The van der Waals surface area contributed by atoms with Crippen LogP contribution in [0.25, 0.3) is 0 Å². The molecule has 1 N–H and O–H groups in total. The summed E-state index contributed by atoms with van der Waals surface area (Å²) in [7, 11) is 0. The van der Waals surface area contributed by atoms with Gasteiger partial charge >= 0.3 is 11.9 Å². The maximum Gasteiger partial charge on any atom is 0.306 e. The molecule has 0 aliphatic carbocycles. The highest BCUT2D eigenvalue weighted by atomic mass is 16.6. The van der Waals surface area contributed by atoms with Crippen LogP contribution in [0.4, 0.5) is 0 Å². The Morgan fingerprint density at radius 2 is 0.709 bits per heavy atom. The van der Waals surface area contributed by atoms with Crippen LogP contribution in [0.15, 0.2) is 0 Å². The SMILES string of the molecule is CCCCCCCCCCCCCCCCCCCCCC(=O)O[C@@H](CO)COC(=O)CCCCCCCCCCCCCCCCCCCCC(C)CC. The Morgan fingerprint density at radius 3 is 1.02 bits per heavy atom. The first-order valence-corrected chi connectivity index (χ1v) is 25.0. The van der Waals surface area contributed by atoms with Gasteiger partial charge in [-0.25, -0.2) is 0 Å². The average Bonchev–Trinajstić information content (AvgIpc) is 3.19. The van der Waals surface area contributed by atoms with Crippen LogP contribution in [0, 0.1) is 5.92 Å². The molecule has 0 aromatic heterocycles. The first-order chi connectivity index (χ1) is 27.0. The maximum absolute atomic E-state index is 12.2. The van der Waals surface area contributed by atoms with Gasteiger partial charge in [0.05, 0.1) is 6.61 Å². The quantitative estimate of drug-likeness (QED) is 0.0492. The summed E-state index contributed by atoms with van der Waals surface area (Å²) in [5.74, 6) is 0.347. The molecule has 0 aliphatic heterocycles. The second kappa shape index (κ2) is 45.6. The van der Waals surface area contributed by atoms with Gasteiger partial charge in [-0.2, -0.15) is 0 Å². The summed E-state index contributed by atoms with van der Waals surface area (Å²) in [4.78, 5) is 24.4. The lowest BCUT2D eigenvalue weighted by Gasteiger charge is -2.15. The van der Waals surface area contributed by atoms with Gasteiger partial charge in [-0.15, -0.1) is 0 Å². The highest BCUT2D eigenvalue weighted by Crippen LogP contribution is 2.18. The van der Waals surface area contributed by atoms with Gasteiger partial charge in [-0.3, -0.25) is 9.59 Å². The summed E-state index contributed by atoms with van der Waals surface area (Å²) in [6, 6.07) is 0. The molecule has 0 aromatic carbocycles. The predicted molar refractivity (Wildman–Crippen MR) is 238 cm³/mol. The van der Waals surface area contributed by atoms with E-state index in [0.29, 0.717) is 12.8 Å². The van der Waals surface area contributed by atoms with E-state index in [2.05, 4.69) is 20.8 Å². The number of hydrogen-bond acceptors (Lipinski definition) is 5. The topological polar surface area (TPSA) is 72.8 Å². The van der Waals surface area contributed by atoms with Crippen LogP contribution in [-0.2, 0) is 19.1 Å². The van der Waals surface area contributed by atoms with Gasteiger partial charge in [0.1, 0.15) is 6.61 Å². The van der Waals surface area contributed by atoms with Crippen LogP contribution in [0.5, 0.6) is 0 Å². The molecule has 5 heteroatoms. The summed E-state index contributed by atoms with van der Waals surface area (Å²) in [5, 5.41) is 9.62. The third kappa shape index (κ3) is 43.9. The number of aliphatic hydroxyl groups is 1. The van der Waals surface area contributed by atoms with Crippen molar-refractivity contribution < 1.29 is 24.2 Å². The van der Waals surface area contributed by atoms with Crippen molar-refractivity contribution >= 4 is 11.9 Å². The lowest BCUT2D eigenvalue weighted by molar-refractivity contribution is -0.161. The van der Waals surface area contributed by atoms with Crippen molar-refractivity contribution in [2.75, 3.05) is 13.2 Å². The molecular weight excluding hydrogens is 681 g/mol. The Labute approximate surface area is 344 Å². The van der Waals surface area contributed by atoms with Crippen molar-refractivity contribution in [1.29, 1.82) is 0 Å². The monoisotopic (exact) mass is 779 g/mol. The molecule has 55 heavy (non-hydrogen) atoms. The molecule has 0 spiro atoms. The Hall–Kier alpha value is -1.10. The van der Waals surface area contributed by atoms with Crippen molar-refractivity contribution in [3.8, 4) is 0 Å². The van der Waals surface area contributed by atoms with E-state index in [1.807, 2.05) is 0 Å². The van der Waals surface area contributed by atoms with Crippen LogP contribution >= 0.6 is 0 Å². The van der Waals surface area contributed by atoms with E-state index in [4.69, 9.17) is 9.47 Å². The number of unbranched alkanes of at least 4 members (excludes halogenated alkanes) is 35. The van der Waals surface area contributed by atoms with Crippen molar-refractivity contribution in [2.24, 2.45) is 5.92 Å². The van der Waals surface area contributed by atoms with Crippen LogP contribution < -0.4 is 0 Å². The Balaban J connectivity index is 3.43. The minimum absolute atomic E-state index is 0.0565. The summed E-state index contributed by atoms with van der Waals surface area (Å²) in [6.45, 7) is 6.60. The molecule has 5 nitrogen and oxygen atoms in total. The lowest BCUT2D eigenvalue weighted by Crippen LogP contribution is -2.28. The standard InChI is InChI=1S/C50H98O5/c1-4-6-7-8-9-10-11-12-13-14-15-20-23-26-29-32-35-38-41-44-50(53)55-48(45-51)46-54-49(52)43-40-37-34-31-28-25-22-19-17-16-18-21-24-27-30-33-36-39-42-47(3)5-2/h47-48,51H,4-46H2,1-3H3/t47?,48-/m0/s1. The van der Waals surface area contributed by atoms with Crippen LogP contribution in [0.2, 0.25) is 0 Å². The van der Waals surface area contributed by atoms with Gasteiger partial charge in [0.15, 0.2) is 6.10 Å². The third-order valence-corrected chi connectivity index (χ3v) is 11.9. The highest BCUT2D eigenvalue weighted by Gasteiger charge is 2.16. The molecule has 0 bridgehead atoms. The van der Waals surface area contributed by atoms with E-state index in [1.165, 1.54) is 218 Å². The molecule has 1 unspecified atom stereocenters. The van der Waals surface area contributed by atoms with Gasteiger partial charge in [0.25, 0.3) is 0 Å². The largest absolute Gasteiger partial charge is 0.462 e. The van der Waals surface area contributed by atoms with Crippen molar-refractivity contribution in [3.63, 3.8) is 0 Å². The van der Waals surface area contributed by atoms with E-state index in [9.17, 15) is 14.7 Å². The number of rotatable bonds is 46. The molecule has 0 radical (unpaired) electrons. The highest BCUT2D eigenvalue weighted by molar-refractivity contribution is 5.70. The fraction of sp³-hybridized carbons (Fsp3) is 0.960. The molecule has 0 amide bonds. The fourth-order valence-corrected chi connectivity index (χ4v) is 7.77. The Kier molecular flexibility index (Phi) is 44.7. The minimum Gasteiger partial charge on any atom is -0.462 e. The second-order valence-corrected chi connectivity index (χ2v) is 17.5. The van der Waals surface area contributed by atoms with E-state index >= 15 is 0 Å². The van der Waals surface area contributed by atoms with Crippen LogP contribution in [0.1, 0.15) is 284 Å². The summed E-state index contributed by atoms with van der Waals surface area (Å²) in [6.07, 6.45) is 51.8. The number of carbonyl (C=O) groups is 2. The van der Waals surface area contributed by atoms with E-state index in [-0.39, 0.29) is 25.2 Å². The molecule has 328 valence electrons.